The normalized spacial score (nSPS) is 17.8. The Morgan fingerprint density at radius 3 is 2.88 bits per heavy atom. The smallest absolute Gasteiger partial charge is 0.227 e. The second-order valence-electron chi connectivity index (χ2n) is 6.81. The molecule has 2 atom stereocenters. The maximum absolute atomic E-state index is 12.2. The van der Waals surface area contributed by atoms with Crippen LogP contribution >= 0.6 is 0 Å². The summed E-state index contributed by atoms with van der Waals surface area (Å²) in [6.45, 7) is 5.13. The second-order valence-corrected chi connectivity index (χ2v) is 6.81. The van der Waals surface area contributed by atoms with Crippen molar-refractivity contribution in [3.8, 4) is 0 Å². The molecule has 1 aromatic rings. The highest BCUT2D eigenvalue weighted by Gasteiger charge is 2.26. The van der Waals surface area contributed by atoms with Gasteiger partial charge in [0.25, 0.3) is 0 Å². The zero-order chi connectivity index (χ0) is 17.4. The van der Waals surface area contributed by atoms with Gasteiger partial charge in [-0.1, -0.05) is 51.3 Å². The van der Waals surface area contributed by atoms with Crippen molar-refractivity contribution in [3.05, 3.63) is 29.8 Å². The van der Waals surface area contributed by atoms with Crippen LogP contribution in [0.4, 0.5) is 5.69 Å². The minimum Gasteiger partial charge on any atom is -0.356 e. The van der Waals surface area contributed by atoms with E-state index in [1.165, 1.54) is 19.3 Å². The maximum atomic E-state index is 12.2. The van der Waals surface area contributed by atoms with Crippen LogP contribution in [0, 0.1) is 11.8 Å². The fourth-order valence-electron chi connectivity index (χ4n) is 3.24. The van der Waals surface area contributed by atoms with E-state index in [0.717, 1.165) is 30.6 Å². The summed E-state index contributed by atoms with van der Waals surface area (Å²) in [5.74, 6) is 0.568. The van der Waals surface area contributed by atoms with Gasteiger partial charge in [0.1, 0.15) is 0 Å². The molecule has 1 aliphatic rings. The van der Waals surface area contributed by atoms with E-state index in [2.05, 4.69) is 24.5 Å². The number of para-hydroxylation sites is 1. The predicted molar refractivity (Wildman–Crippen MR) is 97.8 cm³/mol. The number of rotatable bonds is 9. The van der Waals surface area contributed by atoms with Gasteiger partial charge >= 0.3 is 0 Å². The van der Waals surface area contributed by atoms with Crippen LogP contribution in [-0.2, 0) is 16.0 Å². The number of amides is 2. The van der Waals surface area contributed by atoms with Crippen LogP contribution in [0.15, 0.2) is 24.3 Å². The van der Waals surface area contributed by atoms with Gasteiger partial charge in [-0.3, -0.25) is 9.59 Å². The Kier molecular flexibility index (Phi) is 7.29. The van der Waals surface area contributed by atoms with E-state index < -0.39 is 0 Å². The van der Waals surface area contributed by atoms with E-state index in [9.17, 15) is 9.59 Å². The van der Waals surface area contributed by atoms with Crippen LogP contribution in [0.25, 0.3) is 0 Å². The van der Waals surface area contributed by atoms with Crippen molar-refractivity contribution >= 4 is 17.5 Å². The highest BCUT2D eigenvalue weighted by Crippen LogP contribution is 2.27. The van der Waals surface area contributed by atoms with Crippen LogP contribution in [-0.4, -0.2) is 18.4 Å². The lowest BCUT2D eigenvalue weighted by Crippen LogP contribution is -2.33. The second kappa shape index (κ2) is 9.45. The SMILES string of the molecule is CCCCC(CC)CNC(=O)CCC1Cc2ccccc2NC1=O. The fraction of sp³-hybridized carbons (Fsp3) is 0.600. The molecular formula is C20H30N2O2. The third-order valence-electron chi connectivity index (χ3n) is 4.96. The topological polar surface area (TPSA) is 58.2 Å². The first kappa shape index (κ1) is 18.5. The molecule has 2 rings (SSSR count). The molecule has 0 spiro atoms. The summed E-state index contributed by atoms with van der Waals surface area (Å²) >= 11 is 0. The van der Waals surface area contributed by atoms with Gasteiger partial charge < -0.3 is 10.6 Å². The summed E-state index contributed by atoms with van der Waals surface area (Å²) in [4.78, 5) is 24.2. The van der Waals surface area contributed by atoms with Crippen molar-refractivity contribution < 1.29 is 9.59 Å². The summed E-state index contributed by atoms with van der Waals surface area (Å²) in [6, 6.07) is 7.88. The summed E-state index contributed by atoms with van der Waals surface area (Å²) in [6.07, 6.45) is 6.45. The molecule has 0 saturated heterocycles. The summed E-state index contributed by atoms with van der Waals surface area (Å²) in [5.41, 5.74) is 2.07. The van der Waals surface area contributed by atoms with E-state index in [-0.39, 0.29) is 17.7 Å². The van der Waals surface area contributed by atoms with Gasteiger partial charge in [0.05, 0.1) is 0 Å². The van der Waals surface area contributed by atoms with Gasteiger partial charge in [-0.15, -0.1) is 0 Å². The van der Waals surface area contributed by atoms with Gasteiger partial charge in [-0.05, 0) is 36.8 Å². The molecule has 1 heterocycles. The Labute approximate surface area is 145 Å². The predicted octanol–water partition coefficient (Wildman–Crippen LogP) is 3.91. The molecule has 0 aromatic heterocycles. The third kappa shape index (κ3) is 5.36. The lowest BCUT2D eigenvalue weighted by atomic mass is 9.89. The van der Waals surface area contributed by atoms with Crippen LogP contribution in [0.2, 0.25) is 0 Å². The molecule has 0 fully saturated rings. The number of carbonyl (C=O) groups excluding carboxylic acids is 2. The minimum atomic E-state index is -0.104. The molecule has 4 heteroatoms. The monoisotopic (exact) mass is 330 g/mol. The van der Waals surface area contributed by atoms with Crippen molar-refractivity contribution in [1.29, 1.82) is 0 Å². The van der Waals surface area contributed by atoms with Crippen LogP contribution in [0.3, 0.4) is 0 Å². The molecule has 132 valence electrons. The first-order valence-electron chi connectivity index (χ1n) is 9.29. The Morgan fingerprint density at radius 2 is 2.12 bits per heavy atom. The van der Waals surface area contributed by atoms with Crippen molar-refractivity contribution in [2.75, 3.05) is 11.9 Å². The molecule has 0 bridgehead atoms. The first-order chi connectivity index (χ1) is 11.6. The molecule has 1 aromatic carbocycles. The standard InChI is InChI=1S/C20H30N2O2/c1-3-5-8-15(4-2)14-21-19(23)12-11-17-13-16-9-6-7-10-18(16)22-20(17)24/h6-7,9-10,15,17H,3-5,8,11-14H2,1-2H3,(H,21,23)(H,22,24). The number of hydrogen-bond donors (Lipinski definition) is 2. The molecule has 1 aliphatic heterocycles. The molecule has 4 nitrogen and oxygen atoms in total. The molecule has 2 N–H and O–H groups in total. The van der Waals surface area contributed by atoms with E-state index in [0.29, 0.717) is 18.8 Å². The Balaban J connectivity index is 1.75. The molecule has 2 unspecified atom stereocenters. The van der Waals surface area contributed by atoms with Crippen LogP contribution in [0.5, 0.6) is 0 Å². The zero-order valence-electron chi connectivity index (χ0n) is 14.9. The van der Waals surface area contributed by atoms with Crippen molar-refractivity contribution in [3.63, 3.8) is 0 Å². The molecule has 24 heavy (non-hydrogen) atoms. The van der Waals surface area contributed by atoms with Crippen molar-refractivity contribution in [2.24, 2.45) is 11.8 Å². The van der Waals surface area contributed by atoms with Crippen molar-refractivity contribution in [1.82, 2.24) is 5.32 Å². The van der Waals surface area contributed by atoms with Crippen LogP contribution < -0.4 is 10.6 Å². The third-order valence-corrected chi connectivity index (χ3v) is 4.96. The molecular weight excluding hydrogens is 300 g/mol. The van der Waals surface area contributed by atoms with Crippen LogP contribution in [0.1, 0.15) is 57.9 Å². The highest BCUT2D eigenvalue weighted by molar-refractivity contribution is 5.96. The van der Waals surface area contributed by atoms with E-state index in [4.69, 9.17) is 0 Å². The van der Waals surface area contributed by atoms with Crippen molar-refractivity contribution in [2.45, 2.75) is 58.8 Å². The number of hydrogen-bond acceptors (Lipinski definition) is 2. The first-order valence-corrected chi connectivity index (χ1v) is 9.29. The van der Waals surface area contributed by atoms with Gasteiger partial charge in [0, 0.05) is 24.6 Å². The number of fused-ring (bicyclic) bond motifs is 1. The summed E-state index contributed by atoms with van der Waals surface area (Å²) in [7, 11) is 0. The minimum absolute atomic E-state index is 0.0379. The lowest BCUT2D eigenvalue weighted by molar-refractivity contribution is -0.123. The number of carbonyl (C=O) groups is 2. The number of anilines is 1. The molecule has 2 amide bonds. The number of benzene rings is 1. The quantitative estimate of drug-likeness (QED) is 0.721. The average Bonchev–Trinajstić information content (AvgIpc) is 2.60. The Bertz CT molecular complexity index is 556. The molecule has 0 radical (unpaired) electrons. The van der Waals surface area contributed by atoms with E-state index >= 15 is 0 Å². The maximum Gasteiger partial charge on any atom is 0.227 e. The van der Waals surface area contributed by atoms with E-state index in [1.807, 2.05) is 24.3 Å². The fourth-order valence-corrected chi connectivity index (χ4v) is 3.24. The number of unbranched alkanes of at least 4 members (excludes halogenated alkanes) is 1. The van der Waals surface area contributed by atoms with Gasteiger partial charge in [0.2, 0.25) is 11.8 Å². The van der Waals surface area contributed by atoms with Gasteiger partial charge in [0.15, 0.2) is 0 Å². The molecule has 0 saturated carbocycles. The molecule has 0 aliphatic carbocycles. The van der Waals surface area contributed by atoms with Gasteiger partial charge in [-0.2, -0.15) is 0 Å². The number of nitrogens with one attached hydrogen (secondary N) is 2. The summed E-state index contributed by atoms with van der Waals surface area (Å²) < 4.78 is 0. The highest BCUT2D eigenvalue weighted by atomic mass is 16.2. The lowest BCUT2D eigenvalue weighted by Gasteiger charge is -2.24. The largest absolute Gasteiger partial charge is 0.356 e. The summed E-state index contributed by atoms with van der Waals surface area (Å²) in [5, 5.41) is 5.99. The Hall–Kier alpha value is -1.84. The average molecular weight is 330 g/mol. The van der Waals surface area contributed by atoms with E-state index in [1.54, 1.807) is 0 Å². The zero-order valence-corrected chi connectivity index (χ0v) is 14.9. The van der Waals surface area contributed by atoms with Gasteiger partial charge in [-0.25, -0.2) is 0 Å². The Morgan fingerprint density at radius 1 is 1.33 bits per heavy atom.